The van der Waals surface area contributed by atoms with E-state index in [1.54, 1.807) is 0 Å². The third kappa shape index (κ3) is 10.4. The number of rotatable bonds is 7. The van der Waals surface area contributed by atoms with Crippen molar-refractivity contribution in [3.63, 3.8) is 0 Å². The number of halogens is 1. The zero-order valence-electron chi connectivity index (χ0n) is 12.2. The van der Waals surface area contributed by atoms with E-state index in [1.807, 2.05) is 0 Å². The second kappa shape index (κ2) is 13.0. The number of hydrogen-bond donors (Lipinski definition) is 2. The van der Waals surface area contributed by atoms with Gasteiger partial charge < -0.3 is 15.8 Å². The van der Waals surface area contributed by atoms with E-state index in [1.165, 1.54) is 44.9 Å². The third-order valence-electron chi connectivity index (χ3n) is 3.37. The van der Waals surface area contributed by atoms with Gasteiger partial charge in [-0.3, -0.25) is 4.99 Å². The smallest absolute Gasteiger partial charge is 0.188 e. The summed E-state index contributed by atoms with van der Waals surface area (Å²) in [5.74, 6) is 0.584. The van der Waals surface area contributed by atoms with Gasteiger partial charge in [0.2, 0.25) is 0 Å². The molecule has 0 spiro atoms. The Bertz CT molecular complexity index is 229. The summed E-state index contributed by atoms with van der Waals surface area (Å²) in [5, 5.41) is 3.33. The van der Waals surface area contributed by atoms with E-state index >= 15 is 0 Å². The van der Waals surface area contributed by atoms with Gasteiger partial charge in [0, 0.05) is 12.6 Å². The van der Waals surface area contributed by atoms with Gasteiger partial charge in [-0.05, 0) is 19.3 Å². The minimum atomic E-state index is 0. The van der Waals surface area contributed by atoms with Crippen LogP contribution >= 0.6 is 24.0 Å². The highest BCUT2D eigenvalue weighted by molar-refractivity contribution is 14.0. The van der Waals surface area contributed by atoms with Crippen LogP contribution in [-0.4, -0.2) is 31.8 Å². The summed E-state index contributed by atoms with van der Waals surface area (Å²) >= 11 is 0. The summed E-state index contributed by atoms with van der Waals surface area (Å²) in [5.41, 5.74) is 5.88. The summed E-state index contributed by atoms with van der Waals surface area (Å²) in [4.78, 5) is 4.30. The summed E-state index contributed by atoms with van der Waals surface area (Å²) in [6.07, 6.45) is 10.1. The molecule has 0 aromatic rings. The van der Waals surface area contributed by atoms with Crippen LogP contribution < -0.4 is 11.1 Å². The topological polar surface area (TPSA) is 59.6 Å². The molecule has 1 aliphatic carbocycles. The normalized spacial score (nSPS) is 17.6. The van der Waals surface area contributed by atoms with Gasteiger partial charge in [0.1, 0.15) is 0 Å². The van der Waals surface area contributed by atoms with Gasteiger partial charge in [0.15, 0.2) is 5.96 Å². The number of aliphatic imine (C=N–C) groups is 1. The molecule has 0 amide bonds. The van der Waals surface area contributed by atoms with E-state index in [-0.39, 0.29) is 24.0 Å². The Labute approximate surface area is 135 Å². The van der Waals surface area contributed by atoms with E-state index < -0.39 is 0 Å². The Morgan fingerprint density at radius 2 is 1.89 bits per heavy atom. The monoisotopic (exact) mass is 383 g/mol. The molecule has 0 aromatic carbocycles. The molecule has 1 aliphatic rings. The van der Waals surface area contributed by atoms with E-state index in [2.05, 4.69) is 17.2 Å². The van der Waals surface area contributed by atoms with E-state index in [4.69, 9.17) is 10.5 Å². The van der Waals surface area contributed by atoms with Crippen LogP contribution in [0.2, 0.25) is 0 Å². The van der Waals surface area contributed by atoms with E-state index in [0.29, 0.717) is 25.2 Å². The molecule has 0 saturated heterocycles. The molecule has 1 rings (SSSR count). The Morgan fingerprint density at radius 1 is 1.21 bits per heavy atom. The van der Waals surface area contributed by atoms with Crippen molar-refractivity contribution in [1.82, 2.24) is 5.32 Å². The number of nitrogens with two attached hydrogens (primary N) is 1. The van der Waals surface area contributed by atoms with Crippen LogP contribution in [-0.2, 0) is 4.74 Å². The zero-order chi connectivity index (χ0) is 13.1. The molecule has 0 aliphatic heterocycles. The average Bonchev–Trinajstić information content (AvgIpc) is 2.62. The first kappa shape index (κ1) is 19.0. The quantitative estimate of drug-likeness (QED) is 0.234. The molecule has 5 heteroatoms. The maximum Gasteiger partial charge on any atom is 0.188 e. The fourth-order valence-electron chi connectivity index (χ4n) is 2.26. The number of ether oxygens (including phenoxy) is 1. The molecule has 0 heterocycles. The number of nitrogens with one attached hydrogen (secondary N) is 1. The number of nitrogens with zero attached hydrogens (tertiary/aromatic N) is 1. The van der Waals surface area contributed by atoms with Crippen molar-refractivity contribution in [3.8, 4) is 0 Å². The Hall–Kier alpha value is -0.0400. The predicted molar refractivity (Wildman–Crippen MR) is 92.3 cm³/mol. The van der Waals surface area contributed by atoms with Gasteiger partial charge in [-0.2, -0.15) is 0 Å². The van der Waals surface area contributed by atoms with Gasteiger partial charge >= 0.3 is 0 Å². The van der Waals surface area contributed by atoms with Crippen LogP contribution in [0, 0.1) is 0 Å². The van der Waals surface area contributed by atoms with Crippen LogP contribution in [0.3, 0.4) is 0 Å². The molecule has 3 N–H and O–H groups in total. The van der Waals surface area contributed by atoms with Crippen molar-refractivity contribution < 1.29 is 4.74 Å². The van der Waals surface area contributed by atoms with Crippen LogP contribution in [0.15, 0.2) is 4.99 Å². The van der Waals surface area contributed by atoms with Crippen LogP contribution in [0.5, 0.6) is 0 Å². The van der Waals surface area contributed by atoms with Gasteiger partial charge in [0.05, 0.1) is 13.2 Å². The van der Waals surface area contributed by atoms with Crippen molar-refractivity contribution in [2.75, 3.05) is 19.8 Å². The fourth-order valence-corrected chi connectivity index (χ4v) is 2.26. The molecule has 0 radical (unpaired) electrons. The molecule has 1 saturated carbocycles. The third-order valence-corrected chi connectivity index (χ3v) is 3.37. The molecule has 19 heavy (non-hydrogen) atoms. The van der Waals surface area contributed by atoms with Crippen molar-refractivity contribution in [1.29, 1.82) is 0 Å². The summed E-state index contributed by atoms with van der Waals surface area (Å²) < 4.78 is 5.44. The Kier molecular flexibility index (Phi) is 12.9. The second-order valence-electron chi connectivity index (χ2n) is 5.07. The molecule has 0 bridgehead atoms. The summed E-state index contributed by atoms with van der Waals surface area (Å²) in [6, 6.07) is 0.525. The van der Waals surface area contributed by atoms with Gasteiger partial charge in [-0.15, -0.1) is 24.0 Å². The zero-order valence-corrected chi connectivity index (χ0v) is 14.5. The van der Waals surface area contributed by atoms with Crippen LogP contribution in [0.25, 0.3) is 0 Å². The van der Waals surface area contributed by atoms with Crippen molar-refractivity contribution >= 4 is 29.9 Å². The second-order valence-corrected chi connectivity index (χ2v) is 5.07. The Balaban J connectivity index is 0.00000324. The maximum absolute atomic E-state index is 5.88. The Morgan fingerprint density at radius 3 is 2.53 bits per heavy atom. The van der Waals surface area contributed by atoms with Crippen molar-refractivity contribution in [2.45, 2.75) is 64.3 Å². The van der Waals surface area contributed by atoms with Crippen LogP contribution in [0.4, 0.5) is 0 Å². The standard InChI is InChI=1S/C14H29N3O.HI/c1-2-3-11-18-12-10-16-14(15)17-13-8-6-4-5-7-9-13;/h13H,2-12H2,1H3,(H3,15,16,17);1H. The van der Waals surface area contributed by atoms with E-state index in [9.17, 15) is 0 Å². The van der Waals surface area contributed by atoms with Crippen LogP contribution in [0.1, 0.15) is 58.3 Å². The van der Waals surface area contributed by atoms with E-state index in [0.717, 1.165) is 13.0 Å². The van der Waals surface area contributed by atoms with Crippen molar-refractivity contribution in [2.24, 2.45) is 10.7 Å². The molecular weight excluding hydrogens is 353 g/mol. The molecule has 4 nitrogen and oxygen atoms in total. The first-order chi connectivity index (χ1) is 8.83. The van der Waals surface area contributed by atoms with Gasteiger partial charge in [0.25, 0.3) is 0 Å². The largest absolute Gasteiger partial charge is 0.380 e. The highest BCUT2D eigenvalue weighted by Crippen LogP contribution is 2.16. The first-order valence-electron chi connectivity index (χ1n) is 7.47. The predicted octanol–water partition coefficient (Wildman–Crippen LogP) is 3.05. The summed E-state index contributed by atoms with van der Waals surface area (Å²) in [7, 11) is 0. The number of guanidine groups is 1. The highest BCUT2D eigenvalue weighted by atomic mass is 127. The number of unbranched alkanes of at least 4 members (excludes halogenated alkanes) is 1. The molecule has 114 valence electrons. The highest BCUT2D eigenvalue weighted by Gasteiger charge is 2.11. The lowest BCUT2D eigenvalue weighted by Gasteiger charge is -2.16. The molecule has 0 atom stereocenters. The minimum Gasteiger partial charge on any atom is -0.380 e. The molecular formula is C14H30IN3O. The lowest BCUT2D eigenvalue weighted by molar-refractivity contribution is 0.139. The van der Waals surface area contributed by atoms with Gasteiger partial charge in [-0.1, -0.05) is 39.0 Å². The lowest BCUT2D eigenvalue weighted by Crippen LogP contribution is -2.40. The number of hydrogen-bond acceptors (Lipinski definition) is 2. The lowest BCUT2D eigenvalue weighted by atomic mass is 10.1. The first-order valence-corrected chi connectivity index (χ1v) is 7.47. The molecule has 0 aromatic heterocycles. The van der Waals surface area contributed by atoms with Gasteiger partial charge in [-0.25, -0.2) is 0 Å². The summed E-state index contributed by atoms with van der Waals surface area (Å²) in [6.45, 7) is 4.33. The maximum atomic E-state index is 5.88. The molecule has 1 fully saturated rings. The minimum absolute atomic E-state index is 0. The van der Waals surface area contributed by atoms with Crippen molar-refractivity contribution in [3.05, 3.63) is 0 Å². The SMILES string of the molecule is CCCCOCCN=C(N)NC1CCCCCC1.I. The fraction of sp³-hybridized carbons (Fsp3) is 0.929. The average molecular weight is 383 g/mol. The molecule has 0 unspecified atom stereocenters.